The number of benzene rings is 7. The van der Waals surface area contributed by atoms with E-state index in [1.54, 1.807) is 6.07 Å². The number of para-hydroxylation sites is 3. The van der Waals surface area contributed by atoms with Gasteiger partial charge in [-0.3, -0.25) is 9.55 Å². The van der Waals surface area contributed by atoms with E-state index >= 15 is 0 Å². The van der Waals surface area contributed by atoms with E-state index in [-0.39, 0.29) is 11.2 Å². The summed E-state index contributed by atoms with van der Waals surface area (Å²) in [6, 6.07) is 61.0. The highest BCUT2D eigenvalue weighted by Crippen LogP contribution is 2.54. The average molecular weight is 708 g/mol. The smallest absolute Gasteiger partial charge is 0.149 e. The molecule has 10 rings (SSSR count). The SMILES string of the molecule is CC1(C)c2ccccc2-c2c(-c3cccc4c3nc(-c3ccccc3O)n4-c3ccccc3-c3ccccc3)cc(-c3cc(-c4ccccc4)ccn3)cc21. The Morgan fingerprint density at radius 2 is 1.15 bits per heavy atom. The molecule has 1 aliphatic rings. The minimum absolute atomic E-state index is 0.181. The second-order valence-electron chi connectivity index (χ2n) is 14.8. The molecular formula is C51H37N3O. The lowest BCUT2D eigenvalue weighted by atomic mass is 9.80. The maximum absolute atomic E-state index is 11.3. The standard InChI is InChI=1S/C51H37N3O/c1-51(2)42-24-12-9-21-39(42)48-41(30-36(31-43(48)51)44-32-35(28-29-52-44)33-16-5-3-6-17-33)38-23-15-26-46-49(38)53-50(40-22-11-14-27-47(40)55)54(46)45-25-13-10-20-37(45)34-18-7-4-8-19-34/h3-32,55H,1-2H3. The number of rotatable bonds is 6. The molecule has 2 heterocycles. The van der Waals surface area contributed by atoms with Gasteiger partial charge in [-0.05, 0) is 93.0 Å². The summed E-state index contributed by atoms with van der Waals surface area (Å²) in [5.41, 5.74) is 16.8. The Balaban J connectivity index is 1.28. The molecule has 262 valence electrons. The topological polar surface area (TPSA) is 50.9 Å². The Morgan fingerprint density at radius 1 is 0.491 bits per heavy atom. The van der Waals surface area contributed by atoms with Crippen molar-refractivity contribution in [2.75, 3.05) is 0 Å². The zero-order chi connectivity index (χ0) is 37.1. The first kappa shape index (κ1) is 32.6. The fraction of sp³-hybridized carbons (Fsp3) is 0.0588. The first-order valence-corrected chi connectivity index (χ1v) is 18.7. The van der Waals surface area contributed by atoms with Gasteiger partial charge in [0.05, 0.1) is 28.0 Å². The number of hydrogen-bond acceptors (Lipinski definition) is 3. The molecule has 0 atom stereocenters. The van der Waals surface area contributed by atoms with Gasteiger partial charge in [0.25, 0.3) is 0 Å². The van der Waals surface area contributed by atoms with Gasteiger partial charge in [-0.2, -0.15) is 0 Å². The largest absolute Gasteiger partial charge is 0.507 e. The maximum atomic E-state index is 11.3. The van der Waals surface area contributed by atoms with Gasteiger partial charge >= 0.3 is 0 Å². The lowest BCUT2D eigenvalue weighted by Gasteiger charge is -2.23. The van der Waals surface area contributed by atoms with Gasteiger partial charge in [0.1, 0.15) is 11.6 Å². The van der Waals surface area contributed by atoms with Crippen LogP contribution in [0.3, 0.4) is 0 Å². The number of fused-ring (bicyclic) bond motifs is 4. The predicted molar refractivity (Wildman–Crippen MR) is 225 cm³/mol. The second-order valence-corrected chi connectivity index (χ2v) is 14.8. The van der Waals surface area contributed by atoms with E-state index in [9.17, 15) is 5.11 Å². The van der Waals surface area contributed by atoms with E-state index in [1.807, 2.05) is 36.5 Å². The number of imidazole rings is 1. The van der Waals surface area contributed by atoms with E-state index in [4.69, 9.17) is 9.97 Å². The first-order chi connectivity index (χ1) is 27.0. The number of nitrogens with zero attached hydrogens (tertiary/aromatic N) is 3. The summed E-state index contributed by atoms with van der Waals surface area (Å²) in [5.74, 6) is 0.857. The molecule has 7 aromatic carbocycles. The minimum atomic E-state index is -0.239. The zero-order valence-corrected chi connectivity index (χ0v) is 30.6. The van der Waals surface area contributed by atoms with Crippen molar-refractivity contribution in [1.82, 2.24) is 14.5 Å². The van der Waals surface area contributed by atoms with Crippen molar-refractivity contribution in [1.29, 1.82) is 0 Å². The molecule has 1 aliphatic carbocycles. The Hall–Kier alpha value is -7.04. The summed E-state index contributed by atoms with van der Waals surface area (Å²) in [6.45, 7) is 4.65. The molecule has 0 saturated heterocycles. The van der Waals surface area contributed by atoms with Crippen LogP contribution in [0.25, 0.3) is 83.9 Å². The van der Waals surface area contributed by atoms with Crippen LogP contribution in [-0.2, 0) is 5.41 Å². The van der Waals surface area contributed by atoms with Gasteiger partial charge in [0.15, 0.2) is 0 Å². The quantitative estimate of drug-likeness (QED) is 0.187. The van der Waals surface area contributed by atoms with Gasteiger partial charge in [0, 0.05) is 28.3 Å². The number of aromatic hydroxyl groups is 1. The average Bonchev–Trinajstić information content (AvgIpc) is 3.74. The first-order valence-electron chi connectivity index (χ1n) is 18.7. The van der Waals surface area contributed by atoms with E-state index in [0.29, 0.717) is 11.4 Å². The molecule has 4 heteroatoms. The number of phenolic OH excluding ortho intramolecular Hbond substituents is 1. The number of aromatic nitrogens is 3. The highest BCUT2D eigenvalue weighted by molar-refractivity contribution is 6.04. The number of phenols is 1. The normalized spacial score (nSPS) is 12.8. The van der Waals surface area contributed by atoms with Gasteiger partial charge in [0.2, 0.25) is 0 Å². The van der Waals surface area contributed by atoms with Crippen molar-refractivity contribution < 1.29 is 5.11 Å². The van der Waals surface area contributed by atoms with Crippen molar-refractivity contribution in [3.05, 3.63) is 193 Å². The fourth-order valence-electron chi connectivity index (χ4n) is 8.51. The molecular weight excluding hydrogens is 671 g/mol. The van der Waals surface area contributed by atoms with Gasteiger partial charge < -0.3 is 5.11 Å². The third kappa shape index (κ3) is 5.29. The molecule has 0 unspecified atom stereocenters. The summed E-state index contributed by atoms with van der Waals surface area (Å²) < 4.78 is 2.21. The molecule has 2 aromatic heterocycles. The second kappa shape index (κ2) is 12.8. The van der Waals surface area contributed by atoms with Crippen LogP contribution in [-0.4, -0.2) is 19.6 Å². The van der Waals surface area contributed by atoms with Crippen molar-refractivity contribution in [2.45, 2.75) is 19.3 Å². The molecule has 0 amide bonds. The van der Waals surface area contributed by atoms with E-state index < -0.39 is 0 Å². The molecule has 55 heavy (non-hydrogen) atoms. The van der Waals surface area contributed by atoms with Gasteiger partial charge in [-0.15, -0.1) is 0 Å². The van der Waals surface area contributed by atoms with Crippen molar-refractivity contribution >= 4 is 11.0 Å². The summed E-state index contributed by atoms with van der Waals surface area (Å²) in [6.07, 6.45) is 1.91. The Morgan fingerprint density at radius 3 is 1.93 bits per heavy atom. The number of pyridine rings is 1. The monoisotopic (exact) mass is 707 g/mol. The Kier molecular flexibility index (Phi) is 7.60. The van der Waals surface area contributed by atoms with Crippen LogP contribution in [0.2, 0.25) is 0 Å². The zero-order valence-electron chi connectivity index (χ0n) is 30.6. The molecule has 4 nitrogen and oxygen atoms in total. The molecule has 0 aliphatic heterocycles. The Bertz CT molecular complexity index is 2910. The van der Waals surface area contributed by atoms with E-state index in [0.717, 1.165) is 61.4 Å². The van der Waals surface area contributed by atoms with Crippen molar-refractivity contribution in [3.8, 4) is 78.6 Å². The molecule has 0 radical (unpaired) electrons. The van der Waals surface area contributed by atoms with Crippen LogP contribution in [0, 0.1) is 0 Å². The summed E-state index contributed by atoms with van der Waals surface area (Å²) in [4.78, 5) is 10.4. The molecule has 1 N–H and O–H groups in total. The molecule has 0 fully saturated rings. The molecule has 9 aromatic rings. The lowest BCUT2D eigenvalue weighted by molar-refractivity contribution is 0.477. The third-order valence-corrected chi connectivity index (χ3v) is 11.2. The van der Waals surface area contributed by atoms with Crippen LogP contribution in [0.5, 0.6) is 5.75 Å². The molecule has 0 spiro atoms. The van der Waals surface area contributed by atoms with Crippen LogP contribution in [0.4, 0.5) is 0 Å². The number of hydrogen-bond donors (Lipinski definition) is 1. The predicted octanol–water partition coefficient (Wildman–Crippen LogP) is 12.8. The van der Waals surface area contributed by atoms with Crippen LogP contribution in [0.15, 0.2) is 182 Å². The van der Waals surface area contributed by atoms with Crippen LogP contribution < -0.4 is 0 Å². The van der Waals surface area contributed by atoms with Crippen molar-refractivity contribution in [3.63, 3.8) is 0 Å². The minimum Gasteiger partial charge on any atom is -0.507 e. The fourth-order valence-corrected chi connectivity index (χ4v) is 8.51. The van der Waals surface area contributed by atoms with Crippen molar-refractivity contribution in [2.24, 2.45) is 0 Å². The molecule has 0 saturated carbocycles. The van der Waals surface area contributed by atoms with Gasteiger partial charge in [-0.1, -0.05) is 141 Å². The van der Waals surface area contributed by atoms with E-state index in [1.165, 1.54) is 22.3 Å². The van der Waals surface area contributed by atoms with E-state index in [2.05, 4.69) is 158 Å². The Labute approximate surface area is 320 Å². The third-order valence-electron chi connectivity index (χ3n) is 11.2. The highest BCUT2D eigenvalue weighted by atomic mass is 16.3. The summed E-state index contributed by atoms with van der Waals surface area (Å²) in [5, 5.41) is 11.3. The summed E-state index contributed by atoms with van der Waals surface area (Å²) >= 11 is 0. The van der Waals surface area contributed by atoms with Gasteiger partial charge in [-0.25, -0.2) is 4.98 Å². The highest BCUT2D eigenvalue weighted by Gasteiger charge is 2.38. The lowest BCUT2D eigenvalue weighted by Crippen LogP contribution is -2.15. The van der Waals surface area contributed by atoms with Crippen LogP contribution >= 0.6 is 0 Å². The summed E-state index contributed by atoms with van der Waals surface area (Å²) in [7, 11) is 0. The van der Waals surface area contributed by atoms with Crippen LogP contribution in [0.1, 0.15) is 25.0 Å². The molecule has 0 bridgehead atoms. The maximum Gasteiger partial charge on any atom is 0.149 e.